The lowest BCUT2D eigenvalue weighted by molar-refractivity contribution is -0.125. The molecule has 6 nitrogen and oxygen atoms in total. The average Bonchev–Trinajstić information content (AvgIpc) is 2.81. The molecule has 1 fully saturated rings. The van der Waals surface area contributed by atoms with Gasteiger partial charge in [-0.3, -0.25) is 9.59 Å². The number of hydrogen-bond acceptors (Lipinski definition) is 4. The highest BCUT2D eigenvalue weighted by Crippen LogP contribution is 2.24. The zero-order chi connectivity index (χ0) is 11.4. The van der Waals surface area contributed by atoms with Crippen LogP contribution in [0, 0.1) is 5.92 Å². The fourth-order valence-electron chi connectivity index (χ4n) is 1.93. The quantitative estimate of drug-likeness (QED) is 0.751. The summed E-state index contributed by atoms with van der Waals surface area (Å²) in [5.41, 5.74) is -0.0597. The van der Waals surface area contributed by atoms with Crippen molar-refractivity contribution in [1.82, 2.24) is 20.5 Å². The van der Waals surface area contributed by atoms with Crippen LogP contribution in [-0.4, -0.2) is 21.1 Å². The van der Waals surface area contributed by atoms with Crippen LogP contribution >= 0.6 is 0 Å². The van der Waals surface area contributed by atoms with Crippen LogP contribution in [0.25, 0.3) is 0 Å². The van der Waals surface area contributed by atoms with Gasteiger partial charge in [0.15, 0.2) is 0 Å². The summed E-state index contributed by atoms with van der Waals surface area (Å²) in [7, 11) is 0. The van der Waals surface area contributed by atoms with Crippen LogP contribution in [0.15, 0.2) is 11.1 Å². The van der Waals surface area contributed by atoms with Crippen LogP contribution in [0.1, 0.15) is 31.4 Å². The van der Waals surface area contributed by atoms with E-state index in [9.17, 15) is 9.59 Å². The van der Waals surface area contributed by atoms with Crippen molar-refractivity contribution in [3.63, 3.8) is 0 Å². The highest BCUT2D eigenvalue weighted by Gasteiger charge is 2.22. The monoisotopic (exact) mass is 222 g/mol. The van der Waals surface area contributed by atoms with Crippen molar-refractivity contribution in [2.75, 3.05) is 0 Å². The Morgan fingerprint density at radius 1 is 1.50 bits per heavy atom. The highest BCUT2D eigenvalue weighted by atomic mass is 16.2. The molecule has 1 heterocycles. The van der Waals surface area contributed by atoms with E-state index in [-0.39, 0.29) is 29.6 Å². The number of rotatable bonds is 3. The number of nitrogens with zero attached hydrogens (tertiary/aromatic N) is 2. The van der Waals surface area contributed by atoms with E-state index in [2.05, 4.69) is 20.5 Å². The highest BCUT2D eigenvalue weighted by molar-refractivity contribution is 5.78. The summed E-state index contributed by atoms with van der Waals surface area (Å²) in [6, 6.07) is 0. The number of aromatic nitrogens is 3. The number of amides is 1. The second-order valence-electron chi connectivity index (χ2n) is 3.96. The van der Waals surface area contributed by atoms with Crippen LogP contribution in [0.2, 0.25) is 0 Å². The first-order chi connectivity index (χ1) is 7.77. The van der Waals surface area contributed by atoms with Gasteiger partial charge in [0.2, 0.25) is 5.91 Å². The molecule has 0 aliphatic heterocycles. The Kier molecular flexibility index (Phi) is 3.28. The molecule has 1 aromatic rings. The number of aromatic amines is 1. The Bertz CT molecular complexity index is 423. The van der Waals surface area contributed by atoms with E-state index >= 15 is 0 Å². The van der Waals surface area contributed by atoms with Crippen LogP contribution in [-0.2, 0) is 11.3 Å². The van der Waals surface area contributed by atoms with Crippen molar-refractivity contribution in [2.24, 2.45) is 5.92 Å². The van der Waals surface area contributed by atoms with E-state index in [1.54, 1.807) is 0 Å². The van der Waals surface area contributed by atoms with E-state index in [4.69, 9.17) is 0 Å². The van der Waals surface area contributed by atoms with Gasteiger partial charge < -0.3 is 10.3 Å². The molecule has 1 aliphatic rings. The lowest BCUT2D eigenvalue weighted by Crippen LogP contribution is -2.31. The third kappa shape index (κ3) is 2.44. The normalized spacial score (nSPS) is 16.2. The number of carbonyl (C=O) groups is 1. The molecular weight excluding hydrogens is 208 g/mol. The lowest BCUT2D eigenvalue weighted by atomic mass is 10.1. The molecule has 0 bridgehead atoms. The first kappa shape index (κ1) is 10.8. The summed E-state index contributed by atoms with van der Waals surface area (Å²) in [5.74, 6) is 0.123. The van der Waals surface area contributed by atoms with Crippen molar-refractivity contribution in [1.29, 1.82) is 0 Å². The Morgan fingerprint density at radius 3 is 2.94 bits per heavy atom. The van der Waals surface area contributed by atoms with Gasteiger partial charge >= 0.3 is 0 Å². The third-order valence-electron chi connectivity index (χ3n) is 2.85. The van der Waals surface area contributed by atoms with Gasteiger partial charge in [-0.2, -0.15) is 0 Å². The van der Waals surface area contributed by atoms with Crippen molar-refractivity contribution in [2.45, 2.75) is 32.2 Å². The van der Waals surface area contributed by atoms with Gasteiger partial charge in [0.25, 0.3) is 5.56 Å². The minimum Gasteiger partial charge on any atom is -0.350 e. The summed E-state index contributed by atoms with van der Waals surface area (Å²) < 4.78 is 0. The van der Waals surface area contributed by atoms with Crippen LogP contribution in [0.4, 0.5) is 0 Å². The summed E-state index contributed by atoms with van der Waals surface area (Å²) in [6.45, 7) is 0.151. The number of hydrogen-bond donors (Lipinski definition) is 2. The van der Waals surface area contributed by atoms with E-state index in [1.807, 2.05) is 0 Å². The van der Waals surface area contributed by atoms with Gasteiger partial charge in [0.05, 0.1) is 6.54 Å². The maximum absolute atomic E-state index is 11.7. The van der Waals surface area contributed by atoms with Crippen LogP contribution in [0.5, 0.6) is 0 Å². The molecule has 1 aliphatic carbocycles. The largest absolute Gasteiger partial charge is 0.350 e. The molecule has 2 N–H and O–H groups in total. The van der Waals surface area contributed by atoms with Crippen molar-refractivity contribution < 1.29 is 4.79 Å². The topological polar surface area (TPSA) is 87.7 Å². The molecule has 16 heavy (non-hydrogen) atoms. The fourth-order valence-corrected chi connectivity index (χ4v) is 1.93. The second-order valence-corrected chi connectivity index (χ2v) is 3.96. The summed E-state index contributed by atoms with van der Waals surface area (Å²) in [6.07, 6.45) is 5.35. The molecule has 1 amide bonds. The molecule has 86 valence electrons. The molecule has 1 aromatic heterocycles. The first-order valence-corrected chi connectivity index (χ1v) is 5.44. The van der Waals surface area contributed by atoms with Gasteiger partial charge in [-0.05, 0) is 12.8 Å². The minimum atomic E-state index is -0.304. The van der Waals surface area contributed by atoms with Gasteiger partial charge in [-0.1, -0.05) is 12.8 Å². The molecule has 0 spiro atoms. The molecule has 0 atom stereocenters. The molecule has 1 saturated carbocycles. The summed E-state index contributed by atoms with van der Waals surface area (Å²) in [5, 5.41) is 9.95. The van der Waals surface area contributed by atoms with E-state index in [0.29, 0.717) is 0 Å². The Balaban J connectivity index is 1.90. The van der Waals surface area contributed by atoms with E-state index in [0.717, 1.165) is 25.7 Å². The molecule has 2 rings (SSSR count). The van der Waals surface area contributed by atoms with Crippen LogP contribution < -0.4 is 10.9 Å². The second kappa shape index (κ2) is 4.87. The minimum absolute atomic E-state index is 0.0163. The first-order valence-electron chi connectivity index (χ1n) is 5.44. The number of H-pyrrole nitrogens is 1. The molecule has 0 aromatic carbocycles. The molecule has 0 radical (unpaired) electrons. The predicted molar refractivity (Wildman–Crippen MR) is 56.5 cm³/mol. The molecular formula is C10H14N4O2. The predicted octanol–water partition coefficient (Wildman–Crippen LogP) is -0.0287. The SMILES string of the molecule is O=C(NCc1nnc[nH]c1=O)C1CCCC1. The molecule has 0 unspecified atom stereocenters. The maximum atomic E-state index is 11.7. The smallest absolute Gasteiger partial charge is 0.274 e. The van der Waals surface area contributed by atoms with Gasteiger partial charge in [-0.15, -0.1) is 10.2 Å². The van der Waals surface area contributed by atoms with E-state index < -0.39 is 0 Å². The Hall–Kier alpha value is -1.72. The number of nitrogens with one attached hydrogen (secondary N) is 2. The van der Waals surface area contributed by atoms with Crippen molar-refractivity contribution in [3.05, 3.63) is 22.4 Å². The third-order valence-corrected chi connectivity index (χ3v) is 2.85. The summed E-state index contributed by atoms with van der Waals surface area (Å²) in [4.78, 5) is 25.3. The lowest BCUT2D eigenvalue weighted by Gasteiger charge is -2.08. The molecule has 6 heteroatoms. The van der Waals surface area contributed by atoms with Gasteiger partial charge in [0, 0.05) is 5.92 Å². The Labute approximate surface area is 92.5 Å². The zero-order valence-corrected chi connectivity index (χ0v) is 8.90. The van der Waals surface area contributed by atoms with Crippen LogP contribution in [0.3, 0.4) is 0 Å². The van der Waals surface area contributed by atoms with Crippen molar-refractivity contribution in [3.8, 4) is 0 Å². The standard InChI is InChI=1S/C10H14N4O2/c15-9(7-3-1-2-4-7)11-5-8-10(16)12-6-13-14-8/h6-7H,1-5H2,(H,11,15)(H,12,13,16). The zero-order valence-electron chi connectivity index (χ0n) is 8.90. The number of carbonyl (C=O) groups excluding carboxylic acids is 1. The summed E-state index contributed by atoms with van der Waals surface area (Å²) >= 11 is 0. The average molecular weight is 222 g/mol. The fraction of sp³-hybridized carbons (Fsp3) is 0.600. The van der Waals surface area contributed by atoms with E-state index in [1.165, 1.54) is 6.33 Å². The van der Waals surface area contributed by atoms with Gasteiger partial charge in [0.1, 0.15) is 12.0 Å². The molecule has 0 saturated heterocycles. The van der Waals surface area contributed by atoms with Crippen molar-refractivity contribution >= 4 is 5.91 Å². The van der Waals surface area contributed by atoms with Gasteiger partial charge in [-0.25, -0.2) is 0 Å². The Morgan fingerprint density at radius 2 is 2.25 bits per heavy atom. The maximum Gasteiger partial charge on any atom is 0.274 e.